The number of amides is 1. The molecule has 1 N–H and O–H groups in total. The summed E-state index contributed by atoms with van der Waals surface area (Å²) in [4.78, 5) is 15.7. The number of hydrogen-bond acceptors (Lipinski definition) is 3. The van der Waals surface area contributed by atoms with Crippen LogP contribution < -0.4 is 10.1 Å². The average molecular weight is 299 g/mol. The van der Waals surface area contributed by atoms with Gasteiger partial charge in [0.25, 0.3) is 5.91 Å². The van der Waals surface area contributed by atoms with E-state index in [1.807, 2.05) is 0 Å². The van der Waals surface area contributed by atoms with Gasteiger partial charge in [0.05, 0.1) is 10.6 Å². The minimum atomic E-state index is -2.92. The molecule has 1 amide bonds. The first-order valence-corrected chi connectivity index (χ1v) is 5.90. The van der Waals surface area contributed by atoms with Gasteiger partial charge in [0.15, 0.2) is 0 Å². The summed E-state index contributed by atoms with van der Waals surface area (Å²) in [6.45, 7) is -2.92. The Hall–Kier alpha value is -2.21. The van der Waals surface area contributed by atoms with Gasteiger partial charge >= 0.3 is 6.61 Å². The van der Waals surface area contributed by atoms with Gasteiger partial charge in [-0.15, -0.1) is 0 Å². The van der Waals surface area contributed by atoms with E-state index in [1.54, 1.807) is 6.07 Å². The summed E-state index contributed by atoms with van der Waals surface area (Å²) < 4.78 is 28.4. The number of benzene rings is 1. The van der Waals surface area contributed by atoms with Crippen molar-refractivity contribution in [1.29, 1.82) is 0 Å². The lowest BCUT2D eigenvalue weighted by atomic mass is 10.2. The zero-order valence-corrected chi connectivity index (χ0v) is 10.8. The number of anilines is 1. The van der Waals surface area contributed by atoms with Crippen LogP contribution in [0.2, 0.25) is 5.02 Å². The molecule has 0 bridgehead atoms. The van der Waals surface area contributed by atoms with Crippen LogP contribution in [0.1, 0.15) is 10.4 Å². The second-order valence-corrected chi connectivity index (χ2v) is 4.12. The largest absolute Gasteiger partial charge is 0.435 e. The fourth-order valence-corrected chi connectivity index (χ4v) is 1.71. The Morgan fingerprint density at radius 2 is 2.15 bits per heavy atom. The van der Waals surface area contributed by atoms with Gasteiger partial charge in [-0.05, 0) is 18.2 Å². The highest BCUT2D eigenvalue weighted by molar-refractivity contribution is 6.34. The minimum Gasteiger partial charge on any atom is -0.435 e. The molecule has 0 radical (unpaired) electrons. The lowest BCUT2D eigenvalue weighted by Gasteiger charge is -2.09. The second-order valence-electron chi connectivity index (χ2n) is 3.72. The van der Waals surface area contributed by atoms with Crippen molar-refractivity contribution in [1.82, 2.24) is 4.98 Å². The Labute approximate surface area is 118 Å². The van der Waals surface area contributed by atoms with Gasteiger partial charge in [0, 0.05) is 24.1 Å². The molecule has 0 aliphatic carbocycles. The molecule has 1 aromatic heterocycles. The number of rotatable bonds is 4. The van der Waals surface area contributed by atoms with Crippen molar-refractivity contribution in [2.24, 2.45) is 0 Å². The highest BCUT2D eigenvalue weighted by Gasteiger charge is 2.11. The summed E-state index contributed by atoms with van der Waals surface area (Å²) in [7, 11) is 0. The van der Waals surface area contributed by atoms with E-state index in [0.717, 1.165) is 0 Å². The van der Waals surface area contributed by atoms with Gasteiger partial charge in [-0.1, -0.05) is 17.7 Å². The van der Waals surface area contributed by atoms with Crippen LogP contribution in [-0.4, -0.2) is 17.5 Å². The molecule has 0 saturated heterocycles. The maximum Gasteiger partial charge on any atom is 0.387 e. The molecule has 4 nitrogen and oxygen atoms in total. The Balaban J connectivity index is 2.14. The SMILES string of the molecule is O=C(Nc1cccc(OC(F)F)c1)c1ccncc1Cl. The fourth-order valence-electron chi connectivity index (χ4n) is 1.51. The van der Waals surface area contributed by atoms with E-state index < -0.39 is 12.5 Å². The molecule has 2 rings (SSSR count). The molecule has 0 aliphatic rings. The molecule has 2 aromatic rings. The zero-order valence-electron chi connectivity index (χ0n) is 10.0. The second kappa shape index (κ2) is 6.29. The Morgan fingerprint density at radius 1 is 1.35 bits per heavy atom. The van der Waals surface area contributed by atoms with Gasteiger partial charge in [0.2, 0.25) is 0 Å². The Kier molecular flexibility index (Phi) is 4.47. The molecule has 0 atom stereocenters. The topological polar surface area (TPSA) is 51.2 Å². The molecular weight excluding hydrogens is 290 g/mol. The van der Waals surface area contributed by atoms with Crippen LogP contribution in [0, 0.1) is 0 Å². The zero-order chi connectivity index (χ0) is 14.5. The van der Waals surface area contributed by atoms with Crippen molar-refractivity contribution in [2.45, 2.75) is 6.61 Å². The predicted octanol–water partition coefficient (Wildman–Crippen LogP) is 3.59. The first-order chi connectivity index (χ1) is 9.56. The highest BCUT2D eigenvalue weighted by atomic mass is 35.5. The summed E-state index contributed by atoms with van der Waals surface area (Å²) in [5.41, 5.74) is 0.558. The van der Waals surface area contributed by atoms with E-state index in [-0.39, 0.29) is 16.3 Å². The quantitative estimate of drug-likeness (QED) is 0.938. The number of halogens is 3. The summed E-state index contributed by atoms with van der Waals surface area (Å²) in [5.74, 6) is -0.509. The molecule has 0 unspecified atom stereocenters. The number of nitrogens with zero attached hydrogens (tertiary/aromatic N) is 1. The Bertz CT molecular complexity index is 623. The van der Waals surface area contributed by atoms with Crippen molar-refractivity contribution < 1.29 is 18.3 Å². The predicted molar refractivity (Wildman–Crippen MR) is 70.3 cm³/mol. The summed E-state index contributed by atoms with van der Waals surface area (Å²) in [6, 6.07) is 7.14. The van der Waals surface area contributed by atoms with Crippen molar-refractivity contribution in [3.8, 4) is 5.75 Å². The molecule has 0 saturated carbocycles. The maximum atomic E-state index is 12.1. The highest BCUT2D eigenvalue weighted by Crippen LogP contribution is 2.21. The van der Waals surface area contributed by atoms with Gasteiger partial charge in [-0.2, -0.15) is 8.78 Å². The number of pyridine rings is 1. The smallest absolute Gasteiger partial charge is 0.387 e. The molecule has 7 heteroatoms. The third-order valence-electron chi connectivity index (χ3n) is 2.33. The number of carbonyl (C=O) groups excluding carboxylic acids is 1. The molecule has 20 heavy (non-hydrogen) atoms. The normalized spacial score (nSPS) is 10.4. The lowest BCUT2D eigenvalue weighted by Crippen LogP contribution is -2.12. The lowest BCUT2D eigenvalue weighted by molar-refractivity contribution is -0.0497. The van der Waals surface area contributed by atoms with Crippen LogP contribution in [0.15, 0.2) is 42.7 Å². The fraction of sp³-hybridized carbons (Fsp3) is 0.0769. The van der Waals surface area contributed by atoms with Gasteiger partial charge in [-0.25, -0.2) is 0 Å². The van der Waals surface area contributed by atoms with E-state index in [4.69, 9.17) is 11.6 Å². The monoisotopic (exact) mass is 298 g/mol. The molecule has 0 aliphatic heterocycles. The van der Waals surface area contributed by atoms with E-state index in [2.05, 4.69) is 15.0 Å². The molecular formula is C13H9ClF2N2O2. The molecule has 1 heterocycles. The van der Waals surface area contributed by atoms with Gasteiger partial charge < -0.3 is 10.1 Å². The summed E-state index contributed by atoms with van der Waals surface area (Å²) in [5, 5.41) is 2.74. The maximum absolute atomic E-state index is 12.1. The van der Waals surface area contributed by atoms with Crippen LogP contribution in [-0.2, 0) is 0 Å². The van der Waals surface area contributed by atoms with Gasteiger partial charge in [0.1, 0.15) is 5.75 Å². The number of nitrogens with one attached hydrogen (secondary N) is 1. The number of hydrogen-bond donors (Lipinski definition) is 1. The van der Waals surface area contributed by atoms with Crippen molar-refractivity contribution in [3.63, 3.8) is 0 Å². The Morgan fingerprint density at radius 3 is 2.85 bits per heavy atom. The minimum absolute atomic E-state index is 0.0429. The van der Waals surface area contributed by atoms with E-state index >= 15 is 0 Å². The average Bonchev–Trinajstić information content (AvgIpc) is 2.38. The molecule has 104 valence electrons. The third kappa shape index (κ3) is 3.64. The van der Waals surface area contributed by atoms with Crippen molar-refractivity contribution in [3.05, 3.63) is 53.3 Å². The number of alkyl halides is 2. The molecule has 0 fully saturated rings. The van der Waals surface area contributed by atoms with E-state index in [9.17, 15) is 13.6 Å². The van der Waals surface area contributed by atoms with Crippen molar-refractivity contribution in [2.75, 3.05) is 5.32 Å². The third-order valence-corrected chi connectivity index (χ3v) is 2.64. The number of carbonyl (C=O) groups is 1. The number of ether oxygens (including phenoxy) is 1. The first-order valence-electron chi connectivity index (χ1n) is 5.52. The van der Waals surface area contributed by atoms with Crippen LogP contribution >= 0.6 is 11.6 Å². The molecule has 1 aromatic carbocycles. The first kappa shape index (κ1) is 14.2. The summed E-state index contributed by atoms with van der Waals surface area (Å²) in [6.07, 6.45) is 2.77. The van der Waals surface area contributed by atoms with E-state index in [0.29, 0.717) is 5.69 Å². The standard InChI is InChI=1S/C13H9ClF2N2O2/c14-11-7-17-5-4-10(11)12(19)18-8-2-1-3-9(6-8)20-13(15)16/h1-7,13H,(H,18,19). The van der Waals surface area contributed by atoms with E-state index in [1.165, 1.54) is 36.7 Å². The van der Waals surface area contributed by atoms with Crippen LogP contribution in [0.5, 0.6) is 5.75 Å². The molecule has 0 spiro atoms. The van der Waals surface area contributed by atoms with Crippen LogP contribution in [0.25, 0.3) is 0 Å². The van der Waals surface area contributed by atoms with Crippen LogP contribution in [0.4, 0.5) is 14.5 Å². The van der Waals surface area contributed by atoms with Crippen molar-refractivity contribution >= 4 is 23.2 Å². The summed E-state index contributed by atoms with van der Waals surface area (Å²) >= 11 is 5.84. The number of aromatic nitrogens is 1. The van der Waals surface area contributed by atoms with Crippen LogP contribution in [0.3, 0.4) is 0 Å². The van der Waals surface area contributed by atoms with Gasteiger partial charge in [-0.3, -0.25) is 9.78 Å².